The largest absolute Gasteiger partial charge is 0.274 e. The minimum Gasteiger partial charge on any atom is -0.274 e. The van der Waals surface area contributed by atoms with Crippen LogP contribution in [-0.2, 0) is 26.2 Å². The van der Waals surface area contributed by atoms with Crippen molar-refractivity contribution in [2.24, 2.45) is 16.9 Å². The lowest BCUT2D eigenvalue weighted by Crippen LogP contribution is -2.54. The van der Waals surface area contributed by atoms with Gasteiger partial charge in [-0.2, -0.15) is 5.10 Å². The van der Waals surface area contributed by atoms with E-state index in [1.165, 1.54) is 4.90 Å². The van der Waals surface area contributed by atoms with Crippen molar-refractivity contribution in [2.75, 3.05) is 4.90 Å². The molecule has 1 saturated heterocycles. The molecule has 4 aromatic carbocycles. The third kappa shape index (κ3) is 3.78. The first kappa shape index (κ1) is 25.1. The van der Waals surface area contributed by atoms with E-state index in [1.807, 2.05) is 97.9 Å². The average molecular weight is 540 g/mol. The highest BCUT2D eigenvalue weighted by Crippen LogP contribution is 2.63. The second-order valence-corrected chi connectivity index (χ2v) is 11.2. The molecular formula is C35H29N3O3. The SMILES string of the molecule is Cc1ccc(N2C(=O)[C@@H]3C4c5ccccc5C(/C=N\NC(=O)CCc5ccccc5)(c5ccccc54)[C@@H]3C2=O)cc1. The number of anilines is 1. The van der Waals surface area contributed by atoms with E-state index in [1.54, 1.807) is 6.21 Å². The number of benzene rings is 4. The number of aryl methyl sites for hydroxylation is 2. The smallest absolute Gasteiger partial charge is 0.240 e. The Bertz CT molecular complexity index is 1660. The molecule has 8 rings (SSSR count). The second-order valence-electron chi connectivity index (χ2n) is 11.2. The highest BCUT2D eigenvalue weighted by atomic mass is 16.2. The zero-order valence-corrected chi connectivity index (χ0v) is 22.7. The fourth-order valence-corrected chi connectivity index (χ4v) is 7.16. The lowest BCUT2D eigenvalue weighted by molar-refractivity contribution is -0.123. The van der Waals surface area contributed by atoms with Crippen molar-refractivity contribution in [3.8, 4) is 0 Å². The van der Waals surface area contributed by atoms with Crippen molar-refractivity contribution in [3.63, 3.8) is 0 Å². The predicted molar refractivity (Wildman–Crippen MR) is 158 cm³/mol. The maximum Gasteiger partial charge on any atom is 0.240 e. The molecule has 1 fully saturated rings. The first-order valence-electron chi connectivity index (χ1n) is 14.0. The van der Waals surface area contributed by atoms with Crippen LogP contribution in [0.4, 0.5) is 5.69 Å². The number of imide groups is 1. The molecule has 1 N–H and O–H groups in total. The van der Waals surface area contributed by atoms with Gasteiger partial charge in [0.25, 0.3) is 0 Å². The topological polar surface area (TPSA) is 78.8 Å². The summed E-state index contributed by atoms with van der Waals surface area (Å²) in [7, 11) is 0. The van der Waals surface area contributed by atoms with Crippen LogP contribution in [0.2, 0.25) is 0 Å². The van der Waals surface area contributed by atoms with Crippen molar-refractivity contribution in [1.29, 1.82) is 0 Å². The van der Waals surface area contributed by atoms with Crippen LogP contribution >= 0.6 is 0 Å². The normalized spacial score (nSPS) is 23.8. The van der Waals surface area contributed by atoms with Gasteiger partial charge in [0.15, 0.2) is 0 Å². The predicted octanol–water partition coefficient (Wildman–Crippen LogP) is 5.28. The van der Waals surface area contributed by atoms with E-state index in [0.29, 0.717) is 12.1 Å². The first-order chi connectivity index (χ1) is 20.0. The summed E-state index contributed by atoms with van der Waals surface area (Å²) in [5.74, 6) is -2.14. The fraction of sp³-hybridized carbons (Fsp3) is 0.200. The molecule has 3 amide bonds. The van der Waals surface area contributed by atoms with Crippen LogP contribution in [0, 0.1) is 18.8 Å². The lowest BCUT2D eigenvalue weighted by atomic mass is 9.47. The molecule has 6 heteroatoms. The van der Waals surface area contributed by atoms with Crippen LogP contribution < -0.4 is 10.3 Å². The number of rotatable bonds is 6. The molecule has 6 nitrogen and oxygen atoms in total. The highest BCUT2D eigenvalue weighted by Gasteiger charge is 2.68. The van der Waals surface area contributed by atoms with Crippen LogP contribution in [0.3, 0.4) is 0 Å². The molecule has 4 aliphatic rings. The van der Waals surface area contributed by atoms with E-state index in [9.17, 15) is 14.4 Å². The number of carbonyl (C=O) groups is 3. The third-order valence-corrected chi connectivity index (χ3v) is 8.92. The number of hydrogen-bond acceptors (Lipinski definition) is 4. The van der Waals surface area contributed by atoms with Crippen molar-refractivity contribution in [1.82, 2.24) is 5.43 Å². The Kier molecular flexibility index (Phi) is 5.93. The molecule has 41 heavy (non-hydrogen) atoms. The van der Waals surface area contributed by atoms with Crippen molar-refractivity contribution < 1.29 is 14.4 Å². The summed E-state index contributed by atoms with van der Waals surface area (Å²) < 4.78 is 0. The van der Waals surface area contributed by atoms with Crippen LogP contribution in [0.15, 0.2) is 108 Å². The summed E-state index contributed by atoms with van der Waals surface area (Å²) in [6.07, 6.45) is 2.60. The Morgan fingerprint density at radius 1 is 0.829 bits per heavy atom. The second kappa shape index (κ2) is 9.66. The molecule has 4 aromatic rings. The molecule has 2 bridgehead atoms. The van der Waals surface area contributed by atoms with E-state index >= 15 is 0 Å². The van der Waals surface area contributed by atoms with Crippen LogP contribution in [0.1, 0.15) is 45.7 Å². The Morgan fingerprint density at radius 3 is 2.10 bits per heavy atom. The molecular weight excluding hydrogens is 510 g/mol. The third-order valence-electron chi connectivity index (χ3n) is 8.92. The number of hydrazone groups is 1. The maximum atomic E-state index is 14.4. The summed E-state index contributed by atoms with van der Waals surface area (Å²) in [4.78, 5) is 42.7. The molecule has 3 aliphatic carbocycles. The number of nitrogens with zero attached hydrogens (tertiary/aromatic N) is 2. The standard InChI is InChI=1S/C35H29N3O3/c1-22-15-18-24(19-16-22)38-33(40)31-30-25-11-5-7-13-27(25)35(32(31)34(38)41,28-14-8-6-12-26(28)30)21-36-37-29(39)20-17-23-9-3-2-4-10-23/h2-16,18-19,21,30-32H,17,20H2,1H3,(H,37,39)/b36-21-/t30?,31-,32+,35?/m1/s1. The number of amides is 3. The molecule has 202 valence electrons. The number of nitrogens with one attached hydrogen (secondary N) is 1. The Hall–Kier alpha value is -4.84. The monoisotopic (exact) mass is 539 g/mol. The molecule has 0 unspecified atom stereocenters. The summed E-state index contributed by atoms with van der Waals surface area (Å²) in [5.41, 5.74) is 8.39. The van der Waals surface area contributed by atoms with Gasteiger partial charge >= 0.3 is 0 Å². The van der Waals surface area contributed by atoms with Crippen molar-refractivity contribution in [3.05, 3.63) is 137 Å². The van der Waals surface area contributed by atoms with Crippen LogP contribution in [-0.4, -0.2) is 23.9 Å². The van der Waals surface area contributed by atoms with E-state index in [0.717, 1.165) is 33.4 Å². The molecule has 2 atom stereocenters. The van der Waals surface area contributed by atoms with Gasteiger partial charge in [0, 0.05) is 18.6 Å². The minimum absolute atomic E-state index is 0.192. The van der Waals surface area contributed by atoms with Gasteiger partial charge in [-0.05, 0) is 53.3 Å². The van der Waals surface area contributed by atoms with E-state index in [4.69, 9.17) is 0 Å². The fourth-order valence-electron chi connectivity index (χ4n) is 7.16. The van der Waals surface area contributed by atoms with Gasteiger partial charge in [0.2, 0.25) is 17.7 Å². The van der Waals surface area contributed by atoms with Gasteiger partial charge in [-0.3, -0.25) is 14.4 Å². The molecule has 1 aliphatic heterocycles. The Labute approximate surface area is 238 Å². The van der Waals surface area contributed by atoms with Gasteiger partial charge in [-0.15, -0.1) is 0 Å². The zero-order valence-electron chi connectivity index (χ0n) is 22.7. The lowest BCUT2D eigenvalue weighted by Gasteiger charge is -2.52. The molecule has 0 aromatic heterocycles. The van der Waals surface area contributed by atoms with E-state index in [2.05, 4.69) is 22.7 Å². The maximum absolute atomic E-state index is 14.4. The van der Waals surface area contributed by atoms with Crippen LogP contribution in [0.25, 0.3) is 0 Å². The van der Waals surface area contributed by atoms with Crippen molar-refractivity contribution in [2.45, 2.75) is 31.1 Å². The van der Waals surface area contributed by atoms with E-state index in [-0.39, 0.29) is 30.1 Å². The minimum atomic E-state index is -1.01. The number of carbonyl (C=O) groups excluding carboxylic acids is 3. The molecule has 0 spiro atoms. The van der Waals surface area contributed by atoms with Crippen molar-refractivity contribution >= 4 is 29.6 Å². The first-order valence-corrected chi connectivity index (χ1v) is 14.0. The summed E-state index contributed by atoms with van der Waals surface area (Å²) in [6.45, 7) is 1.98. The van der Waals surface area contributed by atoms with Gasteiger partial charge in [0.05, 0.1) is 22.9 Å². The van der Waals surface area contributed by atoms with Gasteiger partial charge in [-0.25, -0.2) is 10.3 Å². The Balaban J connectivity index is 1.31. The molecule has 0 radical (unpaired) electrons. The Morgan fingerprint density at radius 2 is 1.44 bits per heavy atom. The van der Waals surface area contributed by atoms with Crippen LogP contribution in [0.5, 0.6) is 0 Å². The quantitative estimate of drug-likeness (QED) is 0.206. The average Bonchev–Trinajstić information content (AvgIpc) is 3.28. The number of hydrogen-bond donors (Lipinski definition) is 1. The van der Waals surface area contributed by atoms with Gasteiger partial charge in [-0.1, -0.05) is 96.6 Å². The summed E-state index contributed by atoms with van der Waals surface area (Å²) in [5, 5.41) is 4.50. The zero-order chi connectivity index (χ0) is 28.1. The van der Waals surface area contributed by atoms with Gasteiger partial charge < -0.3 is 0 Å². The molecule has 1 heterocycles. The summed E-state index contributed by atoms with van der Waals surface area (Å²) >= 11 is 0. The van der Waals surface area contributed by atoms with Gasteiger partial charge in [0.1, 0.15) is 0 Å². The summed E-state index contributed by atoms with van der Waals surface area (Å²) in [6, 6.07) is 33.4. The molecule has 0 saturated carbocycles. The highest BCUT2D eigenvalue weighted by molar-refractivity contribution is 6.25. The van der Waals surface area contributed by atoms with E-state index < -0.39 is 17.3 Å².